The van der Waals surface area contributed by atoms with Gasteiger partial charge in [0.05, 0.1) is 17.6 Å². The highest BCUT2D eigenvalue weighted by molar-refractivity contribution is 7.71. The molecule has 0 aliphatic rings. The molecular weight excluding hydrogens is 276 g/mol. The Kier molecular flexibility index (Phi) is 3.68. The lowest BCUT2D eigenvalue weighted by molar-refractivity contribution is 0.806. The fourth-order valence-corrected chi connectivity index (χ4v) is 2.90. The Morgan fingerprint density at radius 3 is 2.48 bits per heavy atom. The van der Waals surface area contributed by atoms with Gasteiger partial charge in [-0.15, -0.1) is 0 Å². The Balaban J connectivity index is 1.98. The topological polar surface area (TPSA) is 20.7 Å². The van der Waals surface area contributed by atoms with Gasteiger partial charge in [0.25, 0.3) is 0 Å². The average molecular weight is 296 g/mol. The fraction of sp³-hybridized carbons (Fsp3) is 0.278. The van der Waals surface area contributed by atoms with E-state index in [1.807, 2.05) is 0 Å². The Morgan fingerprint density at radius 2 is 1.81 bits per heavy atom. The average Bonchev–Trinajstić information content (AvgIpc) is 2.75. The molecule has 0 saturated heterocycles. The maximum Gasteiger partial charge on any atom is 0.178 e. The highest BCUT2D eigenvalue weighted by Gasteiger charge is 2.06. The predicted octanol–water partition coefficient (Wildman–Crippen LogP) is 5.18. The van der Waals surface area contributed by atoms with Crippen LogP contribution >= 0.6 is 12.2 Å². The van der Waals surface area contributed by atoms with Gasteiger partial charge in [0.15, 0.2) is 4.77 Å². The first-order valence-corrected chi connectivity index (χ1v) is 7.73. The van der Waals surface area contributed by atoms with Gasteiger partial charge in [-0.3, -0.25) is 0 Å². The first-order valence-electron chi connectivity index (χ1n) is 7.32. The molecule has 1 N–H and O–H groups in total. The largest absolute Gasteiger partial charge is 0.331 e. The van der Waals surface area contributed by atoms with Crippen molar-refractivity contribution in [3.8, 4) is 0 Å². The van der Waals surface area contributed by atoms with Crippen molar-refractivity contribution in [1.82, 2.24) is 9.55 Å². The van der Waals surface area contributed by atoms with E-state index in [0.717, 1.165) is 16.8 Å². The number of nitrogens with one attached hydrogen (secondary N) is 1. The molecule has 2 nitrogen and oxygen atoms in total. The van der Waals surface area contributed by atoms with Crippen LogP contribution in [0, 0.1) is 11.7 Å². The summed E-state index contributed by atoms with van der Waals surface area (Å²) < 4.78 is 2.94. The number of aromatic amines is 1. The third kappa shape index (κ3) is 2.79. The molecular formula is C18H20N2S. The number of rotatable bonds is 3. The molecule has 3 heteroatoms. The number of hydrogen-bond donors (Lipinski definition) is 1. The normalized spacial score (nSPS) is 11.4. The van der Waals surface area contributed by atoms with Crippen molar-refractivity contribution in [2.45, 2.75) is 33.2 Å². The molecule has 0 aliphatic carbocycles. The van der Waals surface area contributed by atoms with Gasteiger partial charge >= 0.3 is 0 Å². The van der Waals surface area contributed by atoms with E-state index in [9.17, 15) is 0 Å². The third-order valence-corrected chi connectivity index (χ3v) is 4.24. The summed E-state index contributed by atoms with van der Waals surface area (Å²) in [7, 11) is 0. The summed E-state index contributed by atoms with van der Waals surface area (Å²) in [6.07, 6.45) is 0. The monoisotopic (exact) mass is 296 g/mol. The van der Waals surface area contributed by atoms with Crippen LogP contribution in [0.2, 0.25) is 0 Å². The zero-order valence-corrected chi connectivity index (χ0v) is 13.5. The fourth-order valence-electron chi connectivity index (χ4n) is 2.62. The van der Waals surface area contributed by atoms with E-state index in [2.05, 4.69) is 72.8 Å². The van der Waals surface area contributed by atoms with Crippen LogP contribution in [0.1, 0.15) is 36.5 Å². The van der Waals surface area contributed by atoms with Crippen molar-refractivity contribution in [3.63, 3.8) is 0 Å². The summed E-state index contributed by atoms with van der Waals surface area (Å²) in [4.78, 5) is 3.30. The van der Waals surface area contributed by atoms with Crippen LogP contribution in [0.15, 0.2) is 42.5 Å². The summed E-state index contributed by atoms with van der Waals surface area (Å²) in [5.74, 6) is 0.567. The molecule has 0 spiro atoms. The molecule has 3 aromatic rings. The molecule has 0 atom stereocenters. The zero-order valence-electron chi connectivity index (χ0n) is 12.7. The predicted molar refractivity (Wildman–Crippen MR) is 91.5 cm³/mol. The summed E-state index contributed by atoms with van der Waals surface area (Å²) in [5.41, 5.74) is 6.17. The number of hydrogen-bond acceptors (Lipinski definition) is 1. The van der Waals surface area contributed by atoms with Crippen molar-refractivity contribution in [3.05, 3.63) is 63.9 Å². The lowest BCUT2D eigenvalue weighted by Gasteiger charge is -2.08. The molecule has 0 fully saturated rings. The summed E-state index contributed by atoms with van der Waals surface area (Å²) in [5, 5.41) is 0. The van der Waals surface area contributed by atoms with Gasteiger partial charge in [-0.2, -0.15) is 0 Å². The van der Waals surface area contributed by atoms with E-state index in [-0.39, 0.29) is 0 Å². The minimum Gasteiger partial charge on any atom is -0.331 e. The molecule has 21 heavy (non-hydrogen) atoms. The first kappa shape index (κ1) is 14.1. The quantitative estimate of drug-likeness (QED) is 0.660. The Morgan fingerprint density at radius 1 is 1.10 bits per heavy atom. The van der Waals surface area contributed by atoms with Crippen molar-refractivity contribution < 1.29 is 0 Å². The van der Waals surface area contributed by atoms with Gasteiger partial charge in [0.1, 0.15) is 0 Å². The van der Waals surface area contributed by atoms with Crippen LogP contribution in [-0.2, 0) is 6.54 Å². The molecule has 0 radical (unpaired) electrons. The number of H-pyrrole nitrogens is 1. The van der Waals surface area contributed by atoms with Gasteiger partial charge in [-0.25, -0.2) is 0 Å². The molecule has 0 saturated carbocycles. The van der Waals surface area contributed by atoms with E-state index in [1.165, 1.54) is 22.2 Å². The summed E-state index contributed by atoms with van der Waals surface area (Å²) >= 11 is 5.47. The van der Waals surface area contributed by atoms with E-state index in [0.29, 0.717) is 5.92 Å². The maximum absolute atomic E-state index is 5.47. The van der Waals surface area contributed by atoms with E-state index in [1.54, 1.807) is 0 Å². The number of aromatic nitrogens is 2. The van der Waals surface area contributed by atoms with Crippen LogP contribution in [0.4, 0.5) is 0 Å². The molecule has 1 heterocycles. The van der Waals surface area contributed by atoms with Gasteiger partial charge in [0.2, 0.25) is 0 Å². The Hall–Kier alpha value is -1.87. The molecule has 2 aromatic carbocycles. The van der Waals surface area contributed by atoms with Crippen molar-refractivity contribution in [2.24, 2.45) is 0 Å². The highest BCUT2D eigenvalue weighted by atomic mass is 32.1. The van der Waals surface area contributed by atoms with Crippen molar-refractivity contribution >= 4 is 23.3 Å². The van der Waals surface area contributed by atoms with Gasteiger partial charge in [-0.05, 0) is 53.9 Å². The summed E-state index contributed by atoms with van der Waals surface area (Å²) in [6.45, 7) is 7.33. The minimum atomic E-state index is 0.567. The second kappa shape index (κ2) is 5.49. The van der Waals surface area contributed by atoms with Crippen molar-refractivity contribution in [2.75, 3.05) is 0 Å². The third-order valence-electron chi connectivity index (χ3n) is 3.92. The van der Waals surface area contributed by atoms with Gasteiger partial charge < -0.3 is 9.55 Å². The number of nitrogens with zero attached hydrogens (tertiary/aromatic N) is 1. The Labute approximate surface area is 130 Å². The SMILES string of the molecule is Cc1ccc2c(c1)[nH]c(=S)n2Cc1ccc(C(C)C)cc1. The zero-order chi connectivity index (χ0) is 15.0. The standard InChI is InChI=1S/C18H20N2S/c1-12(2)15-7-5-14(6-8-15)11-20-17-9-4-13(3)10-16(17)19-18(20)21/h4-10,12H,11H2,1-3H3,(H,19,21). The highest BCUT2D eigenvalue weighted by Crippen LogP contribution is 2.19. The molecule has 3 rings (SSSR count). The Bertz CT molecular complexity index is 823. The lowest BCUT2D eigenvalue weighted by atomic mass is 10.0. The van der Waals surface area contributed by atoms with Gasteiger partial charge in [0, 0.05) is 0 Å². The number of fused-ring (bicyclic) bond motifs is 1. The minimum absolute atomic E-state index is 0.567. The van der Waals surface area contributed by atoms with E-state index in [4.69, 9.17) is 12.2 Å². The molecule has 0 unspecified atom stereocenters. The first-order chi connectivity index (χ1) is 10.0. The number of benzene rings is 2. The lowest BCUT2D eigenvalue weighted by Crippen LogP contribution is -2.00. The smallest absolute Gasteiger partial charge is 0.178 e. The van der Waals surface area contributed by atoms with Crippen LogP contribution in [-0.4, -0.2) is 9.55 Å². The van der Waals surface area contributed by atoms with Crippen LogP contribution < -0.4 is 0 Å². The summed E-state index contributed by atoms with van der Waals surface area (Å²) in [6, 6.07) is 15.2. The van der Waals surface area contributed by atoms with E-state index < -0.39 is 0 Å². The molecule has 0 amide bonds. The van der Waals surface area contributed by atoms with Crippen LogP contribution in [0.3, 0.4) is 0 Å². The van der Waals surface area contributed by atoms with Crippen molar-refractivity contribution in [1.29, 1.82) is 0 Å². The van der Waals surface area contributed by atoms with Crippen LogP contribution in [0.25, 0.3) is 11.0 Å². The molecule has 0 aliphatic heterocycles. The second-order valence-corrected chi connectivity index (χ2v) is 6.32. The van der Waals surface area contributed by atoms with Gasteiger partial charge in [-0.1, -0.05) is 44.2 Å². The second-order valence-electron chi connectivity index (χ2n) is 5.93. The molecule has 0 bridgehead atoms. The number of aryl methyl sites for hydroxylation is 1. The van der Waals surface area contributed by atoms with E-state index >= 15 is 0 Å². The number of imidazole rings is 1. The maximum atomic E-state index is 5.47. The van der Waals surface area contributed by atoms with Crippen LogP contribution in [0.5, 0.6) is 0 Å². The molecule has 1 aromatic heterocycles. The molecule has 108 valence electrons.